The fraction of sp³-hybridized carbons (Fsp3) is 0.214. The number of anilines is 1. The molecule has 2 aromatic rings. The zero-order chi connectivity index (χ0) is 13.8. The molecule has 1 N–H and O–H groups in total. The minimum absolute atomic E-state index is 0.300. The number of hydrogen-bond donors (Lipinski definition) is 1. The molecule has 0 aliphatic carbocycles. The van der Waals surface area contributed by atoms with Crippen molar-refractivity contribution in [3.8, 4) is 23.1 Å². The summed E-state index contributed by atoms with van der Waals surface area (Å²) in [4.78, 5) is 8.16. The van der Waals surface area contributed by atoms with E-state index in [0.717, 1.165) is 28.0 Å². The maximum absolute atomic E-state index is 8.49. The van der Waals surface area contributed by atoms with Gasteiger partial charge in [0.25, 0.3) is 0 Å². The molecule has 1 heterocycles. The molecule has 0 aliphatic heterocycles. The summed E-state index contributed by atoms with van der Waals surface area (Å²) in [5.74, 6) is 1.17. The number of nitriles is 1. The lowest BCUT2D eigenvalue weighted by atomic mass is 10.00. The van der Waals surface area contributed by atoms with E-state index in [2.05, 4.69) is 15.3 Å². The van der Waals surface area contributed by atoms with E-state index < -0.39 is 0 Å². The summed E-state index contributed by atoms with van der Waals surface area (Å²) in [5, 5.41) is 10.9. The Bertz CT molecular complexity index is 629. The first-order valence-electron chi connectivity index (χ1n) is 5.78. The molecule has 5 heteroatoms. The van der Waals surface area contributed by atoms with Crippen LogP contribution in [0.2, 0.25) is 0 Å². The molecule has 5 nitrogen and oxygen atoms in total. The van der Waals surface area contributed by atoms with Crippen molar-refractivity contribution in [1.82, 2.24) is 9.97 Å². The second-order valence-corrected chi connectivity index (χ2v) is 4.17. The number of methoxy groups -OCH3 is 1. The summed E-state index contributed by atoms with van der Waals surface area (Å²) in [6.07, 6.45) is 5.18. The molecule has 0 spiro atoms. The van der Waals surface area contributed by atoms with Crippen LogP contribution in [0.25, 0.3) is 11.1 Å². The van der Waals surface area contributed by atoms with Crippen LogP contribution in [-0.2, 0) is 0 Å². The van der Waals surface area contributed by atoms with Crippen LogP contribution in [0.15, 0.2) is 24.5 Å². The number of aryl methyl sites for hydroxylation is 2. The second-order valence-electron chi connectivity index (χ2n) is 4.17. The van der Waals surface area contributed by atoms with Crippen LogP contribution >= 0.6 is 0 Å². The highest BCUT2D eigenvalue weighted by molar-refractivity contribution is 5.68. The molecule has 0 saturated heterocycles. The lowest BCUT2D eigenvalue weighted by molar-refractivity contribution is 0.411. The lowest BCUT2D eigenvalue weighted by Gasteiger charge is -2.11. The van der Waals surface area contributed by atoms with Gasteiger partial charge < -0.3 is 4.74 Å². The number of nitrogens with one attached hydrogen (secondary N) is 1. The Hall–Kier alpha value is -2.61. The average Bonchev–Trinajstić information content (AvgIpc) is 2.42. The van der Waals surface area contributed by atoms with Gasteiger partial charge in [0.1, 0.15) is 5.75 Å². The summed E-state index contributed by atoms with van der Waals surface area (Å²) in [6.45, 7) is 4.01. The summed E-state index contributed by atoms with van der Waals surface area (Å²) in [6, 6.07) is 4.04. The van der Waals surface area contributed by atoms with E-state index in [1.807, 2.05) is 26.0 Å². The molecule has 0 amide bonds. The number of ether oxygens (including phenoxy) is 1. The van der Waals surface area contributed by atoms with E-state index in [1.54, 1.807) is 25.7 Å². The maximum atomic E-state index is 8.49. The number of hydrogen-bond acceptors (Lipinski definition) is 5. The number of rotatable bonds is 3. The van der Waals surface area contributed by atoms with Gasteiger partial charge >= 0.3 is 0 Å². The minimum Gasteiger partial charge on any atom is -0.496 e. The molecule has 0 bridgehead atoms. The van der Waals surface area contributed by atoms with Gasteiger partial charge in [0.05, 0.1) is 7.11 Å². The molecular weight excluding hydrogens is 240 g/mol. The van der Waals surface area contributed by atoms with Crippen molar-refractivity contribution in [1.29, 1.82) is 5.26 Å². The zero-order valence-corrected chi connectivity index (χ0v) is 11.1. The van der Waals surface area contributed by atoms with E-state index in [0.29, 0.717) is 5.95 Å². The monoisotopic (exact) mass is 254 g/mol. The molecule has 0 aliphatic rings. The number of nitrogens with zero attached hydrogens (tertiary/aromatic N) is 3. The third kappa shape index (κ3) is 2.63. The van der Waals surface area contributed by atoms with Crippen LogP contribution in [0.1, 0.15) is 11.1 Å². The molecule has 1 aromatic carbocycles. The van der Waals surface area contributed by atoms with Crippen molar-refractivity contribution in [3.63, 3.8) is 0 Å². The standard InChI is InChI=1S/C14H14N4O/c1-9-5-13(19-3)10(2)4-12(9)11-6-16-14(17-7-11)18-8-15/h4-7H,1-3H3,(H,16,17,18). The highest BCUT2D eigenvalue weighted by Gasteiger charge is 2.08. The predicted molar refractivity (Wildman–Crippen MR) is 72.7 cm³/mol. The molecule has 0 unspecified atom stereocenters. The van der Waals surface area contributed by atoms with Crippen LogP contribution in [0.3, 0.4) is 0 Å². The summed E-state index contributed by atoms with van der Waals surface area (Å²) < 4.78 is 5.29. The van der Waals surface area contributed by atoms with Crippen molar-refractivity contribution in [2.24, 2.45) is 0 Å². The van der Waals surface area contributed by atoms with Gasteiger partial charge in [0.15, 0.2) is 6.19 Å². The number of benzene rings is 1. The Morgan fingerprint density at radius 1 is 1.16 bits per heavy atom. The molecule has 0 atom stereocenters. The molecular formula is C14H14N4O. The fourth-order valence-electron chi connectivity index (χ4n) is 1.90. The van der Waals surface area contributed by atoms with Gasteiger partial charge in [-0.25, -0.2) is 9.97 Å². The van der Waals surface area contributed by atoms with Crippen molar-refractivity contribution in [2.75, 3.05) is 12.4 Å². The number of aromatic nitrogens is 2. The normalized spacial score (nSPS) is 9.79. The van der Waals surface area contributed by atoms with E-state index in [9.17, 15) is 0 Å². The Balaban J connectivity index is 2.42. The molecule has 96 valence electrons. The lowest BCUT2D eigenvalue weighted by Crippen LogP contribution is -1.96. The summed E-state index contributed by atoms with van der Waals surface area (Å²) in [7, 11) is 1.66. The Morgan fingerprint density at radius 3 is 2.42 bits per heavy atom. The van der Waals surface area contributed by atoms with E-state index in [4.69, 9.17) is 10.00 Å². The molecule has 19 heavy (non-hydrogen) atoms. The van der Waals surface area contributed by atoms with Crippen molar-refractivity contribution < 1.29 is 4.74 Å². The first-order chi connectivity index (χ1) is 9.15. The van der Waals surface area contributed by atoms with Gasteiger partial charge in [0, 0.05) is 18.0 Å². The third-order valence-electron chi connectivity index (χ3n) is 2.87. The van der Waals surface area contributed by atoms with Crippen LogP contribution in [0, 0.1) is 25.3 Å². The van der Waals surface area contributed by atoms with Gasteiger partial charge in [-0.2, -0.15) is 5.26 Å². The SMILES string of the molecule is COc1cc(C)c(-c2cnc(NC#N)nc2)cc1C. The highest BCUT2D eigenvalue weighted by Crippen LogP contribution is 2.29. The molecule has 0 fully saturated rings. The largest absolute Gasteiger partial charge is 0.496 e. The van der Waals surface area contributed by atoms with Gasteiger partial charge in [-0.05, 0) is 42.7 Å². The average molecular weight is 254 g/mol. The second kappa shape index (κ2) is 5.36. The van der Waals surface area contributed by atoms with Crippen molar-refractivity contribution >= 4 is 5.95 Å². The van der Waals surface area contributed by atoms with Crippen LogP contribution in [0.5, 0.6) is 5.75 Å². The smallest absolute Gasteiger partial charge is 0.236 e. The Labute approximate surface area is 111 Å². The first-order valence-corrected chi connectivity index (χ1v) is 5.78. The summed E-state index contributed by atoms with van der Waals surface area (Å²) >= 11 is 0. The third-order valence-corrected chi connectivity index (χ3v) is 2.87. The van der Waals surface area contributed by atoms with Crippen LogP contribution in [-0.4, -0.2) is 17.1 Å². The molecule has 1 aromatic heterocycles. The molecule has 0 radical (unpaired) electrons. The summed E-state index contributed by atoms with van der Waals surface area (Å²) in [5.41, 5.74) is 4.11. The van der Waals surface area contributed by atoms with Crippen LogP contribution in [0.4, 0.5) is 5.95 Å². The Morgan fingerprint density at radius 2 is 1.84 bits per heavy atom. The molecule has 0 saturated carbocycles. The Kier molecular flexibility index (Phi) is 3.62. The van der Waals surface area contributed by atoms with Crippen LogP contribution < -0.4 is 10.1 Å². The fourth-order valence-corrected chi connectivity index (χ4v) is 1.90. The van der Waals surface area contributed by atoms with Gasteiger partial charge in [-0.15, -0.1) is 0 Å². The minimum atomic E-state index is 0.300. The maximum Gasteiger partial charge on any atom is 0.236 e. The predicted octanol–water partition coefficient (Wildman–Crippen LogP) is 2.66. The zero-order valence-electron chi connectivity index (χ0n) is 11.1. The topological polar surface area (TPSA) is 70.8 Å². The van der Waals surface area contributed by atoms with Gasteiger partial charge in [0.2, 0.25) is 5.95 Å². The van der Waals surface area contributed by atoms with Gasteiger partial charge in [-0.1, -0.05) is 0 Å². The van der Waals surface area contributed by atoms with E-state index in [1.165, 1.54) is 0 Å². The first kappa shape index (κ1) is 12.8. The van der Waals surface area contributed by atoms with E-state index >= 15 is 0 Å². The van der Waals surface area contributed by atoms with Crippen molar-refractivity contribution in [3.05, 3.63) is 35.7 Å². The quantitative estimate of drug-likeness (QED) is 0.673. The highest BCUT2D eigenvalue weighted by atomic mass is 16.5. The van der Waals surface area contributed by atoms with E-state index in [-0.39, 0.29) is 0 Å². The van der Waals surface area contributed by atoms with Gasteiger partial charge in [-0.3, -0.25) is 5.32 Å². The van der Waals surface area contributed by atoms with Crippen molar-refractivity contribution in [2.45, 2.75) is 13.8 Å². The molecule has 2 rings (SSSR count).